The fourth-order valence-electron chi connectivity index (χ4n) is 2.61. The third kappa shape index (κ3) is 2.13. The molecule has 1 amide bonds. The summed E-state index contributed by atoms with van der Waals surface area (Å²) in [6, 6.07) is 1.77. The third-order valence-corrected chi connectivity index (χ3v) is 3.25. The highest BCUT2D eigenvalue weighted by atomic mass is 16.3. The van der Waals surface area contributed by atoms with Crippen LogP contribution in [-0.2, 0) is 0 Å². The number of nitrogens with zero attached hydrogens (tertiary/aromatic N) is 1. The molecule has 1 aliphatic rings. The Balaban J connectivity index is 2.13. The summed E-state index contributed by atoms with van der Waals surface area (Å²) in [6.07, 6.45) is 2.80. The van der Waals surface area contributed by atoms with Gasteiger partial charge in [-0.15, -0.1) is 0 Å². The number of rotatable bonds is 1. The maximum Gasteiger partial charge on any atom is 0.257 e. The summed E-state index contributed by atoms with van der Waals surface area (Å²) in [5.74, 6) is 2.03. The van der Waals surface area contributed by atoms with E-state index in [1.54, 1.807) is 12.3 Å². The standard InChI is InChI=1S/C13H19NO2/c1-9-6-10(2)8-14(7-9)13(15)12-4-5-16-11(12)3/h4-5,9-10H,6-8H2,1-3H3/t9-,10-/m1/s1. The predicted octanol–water partition coefficient (Wildman–Crippen LogP) is 2.71. The molecule has 1 aliphatic heterocycles. The first-order valence-corrected chi connectivity index (χ1v) is 5.91. The number of aryl methyl sites for hydroxylation is 1. The molecule has 0 unspecified atom stereocenters. The van der Waals surface area contributed by atoms with Crippen LogP contribution < -0.4 is 0 Å². The number of likely N-dealkylation sites (tertiary alicyclic amines) is 1. The van der Waals surface area contributed by atoms with E-state index in [9.17, 15) is 4.79 Å². The van der Waals surface area contributed by atoms with Gasteiger partial charge in [-0.2, -0.15) is 0 Å². The van der Waals surface area contributed by atoms with Crippen molar-refractivity contribution in [2.75, 3.05) is 13.1 Å². The molecule has 2 rings (SSSR count). The molecule has 0 bridgehead atoms. The molecule has 0 aliphatic carbocycles. The van der Waals surface area contributed by atoms with E-state index in [4.69, 9.17) is 4.42 Å². The molecule has 1 aromatic rings. The topological polar surface area (TPSA) is 33.5 Å². The lowest BCUT2D eigenvalue weighted by Gasteiger charge is -2.34. The minimum atomic E-state index is 0.115. The molecule has 2 heterocycles. The number of carbonyl (C=O) groups excluding carboxylic acids is 1. The average Bonchev–Trinajstić information content (AvgIpc) is 2.62. The Kier molecular flexibility index (Phi) is 3.03. The van der Waals surface area contributed by atoms with Crippen LogP contribution in [0.4, 0.5) is 0 Å². The molecule has 2 atom stereocenters. The summed E-state index contributed by atoms with van der Waals surface area (Å²) < 4.78 is 5.18. The van der Waals surface area contributed by atoms with Crippen molar-refractivity contribution in [3.63, 3.8) is 0 Å². The molecule has 3 nitrogen and oxygen atoms in total. The predicted molar refractivity (Wildman–Crippen MR) is 62.3 cm³/mol. The average molecular weight is 221 g/mol. The second kappa shape index (κ2) is 4.32. The maximum atomic E-state index is 12.2. The van der Waals surface area contributed by atoms with E-state index in [1.165, 1.54) is 6.42 Å². The lowest BCUT2D eigenvalue weighted by Crippen LogP contribution is -2.42. The monoisotopic (exact) mass is 221 g/mol. The number of hydrogen-bond donors (Lipinski definition) is 0. The van der Waals surface area contributed by atoms with Gasteiger partial charge in [-0.3, -0.25) is 4.79 Å². The van der Waals surface area contributed by atoms with Crippen molar-refractivity contribution in [3.8, 4) is 0 Å². The molecule has 16 heavy (non-hydrogen) atoms. The Morgan fingerprint density at radius 1 is 1.38 bits per heavy atom. The summed E-state index contributed by atoms with van der Waals surface area (Å²) >= 11 is 0. The van der Waals surface area contributed by atoms with Gasteiger partial charge in [0.15, 0.2) is 0 Å². The van der Waals surface area contributed by atoms with Gasteiger partial charge in [0.25, 0.3) is 5.91 Å². The van der Waals surface area contributed by atoms with Gasteiger partial charge < -0.3 is 9.32 Å². The molecule has 0 N–H and O–H groups in total. The molecule has 3 heteroatoms. The zero-order chi connectivity index (χ0) is 11.7. The van der Waals surface area contributed by atoms with Crippen molar-refractivity contribution in [2.24, 2.45) is 11.8 Å². The largest absolute Gasteiger partial charge is 0.469 e. The van der Waals surface area contributed by atoms with Crippen LogP contribution >= 0.6 is 0 Å². The van der Waals surface area contributed by atoms with E-state index >= 15 is 0 Å². The maximum absolute atomic E-state index is 12.2. The van der Waals surface area contributed by atoms with E-state index in [2.05, 4.69) is 13.8 Å². The Hall–Kier alpha value is -1.25. The van der Waals surface area contributed by atoms with Crippen LogP contribution in [0.1, 0.15) is 36.4 Å². The minimum Gasteiger partial charge on any atom is -0.469 e. The molecule has 1 aromatic heterocycles. The number of amides is 1. The van der Waals surface area contributed by atoms with Gasteiger partial charge >= 0.3 is 0 Å². The summed E-state index contributed by atoms with van der Waals surface area (Å²) in [5, 5.41) is 0. The van der Waals surface area contributed by atoms with Crippen LogP contribution in [0.15, 0.2) is 16.7 Å². The Morgan fingerprint density at radius 2 is 2.00 bits per heavy atom. The number of hydrogen-bond acceptors (Lipinski definition) is 2. The highest BCUT2D eigenvalue weighted by Gasteiger charge is 2.27. The van der Waals surface area contributed by atoms with Crippen LogP contribution in [0, 0.1) is 18.8 Å². The third-order valence-electron chi connectivity index (χ3n) is 3.25. The molecule has 0 saturated carbocycles. The van der Waals surface area contributed by atoms with Gasteiger partial charge in [-0.05, 0) is 31.2 Å². The van der Waals surface area contributed by atoms with Crippen LogP contribution in [0.5, 0.6) is 0 Å². The van der Waals surface area contributed by atoms with E-state index in [-0.39, 0.29) is 5.91 Å². The Bertz CT molecular complexity index is 373. The molecule has 88 valence electrons. The first-order chi connectivity index (χ1) is 7.58. The van der Waals surface area contributed by atoms with Gasteiger partial charge in [-0.1, -0.05) is 13.8 Å². The lowest BCUT2D eigenvalue weighted by molar-refractivity contribution is 0.0621. The first-order valence-electron chi connectivity index (χ1n) is 5.91. The van der Waals surface area contributed by atoms with Crippen molar-refractivity contribution < 1.29 is 9.21 Å². The Morgan fingerprint density at radius 3 is 2.50 bits per heavy atom. The molecule has 0 aromatic carbocycles. The second-order valence-electron chi connectivity index (χ2n) is 5.05. The van der Waals surface area contributed by atoms with Gasteiger partial charge in [0, 0.05) is 13.1 Å². The van der Waals surface area contributed by atoms with Gasteiger partial charge in [-0.25, -0.2) is 0 Å². The highest BCUT2D eigenvalue weighted by Crippen LogP contribution is 2.23. The number of carbonyl (C=O) groups is 1. The van der Waals surface area contributed by atoms with E-state index < -0.39 is 0 Å². The Labute approximate surface area is 96.4 Å². The summed E-state index contributed by atoms with van der Waals surface area (Å²) in [7, 11) is 0. The fourth-order valence-corrected chi connectivity index (χ4v) is 2.61. The molecule has 1 saturated heterocycles. The van der Waals surface area contributed by atoms with Gasteiger partial charge in [0.1, 0.15) is 5.76 Å². The molecule has 0 spiro atoms. The number of furan rings is 1. The van der Waals surface area contributed by atoms with Crippen molar-refractivity contribution in [1.82, 2.24) is 4.90 Å². The smallest absolute Gasteiger partial charge is 0.257 e. The zero-order valence-electron chi connectivity index (χ0n) is 10.2. The normalized spacial score (nSPS) is 25.8. The van der Waals surface area contributed by atoms with Crippen molar-refractivity contribution in [3.05, 3.63) is 23.7 Å². The van der Waals surface area contributed by atoms with E-state index in [0.717, 1.165) is 18.8 Å². The summed E-state index contributed by atoms with van der Waals surface area (Å²) in [4.78, 5) is 14.2. The van der Waals surface area contributed by atoms with Crippen LogP contribution in [0.3, 0.4) is 0 Å². The highest BCUT2D eigenvalue weighted by molar-refractivity contribution is 5.95. The zero-order valence-corrected chi connectivity index (χ0v) is 10.2. The van der Waals surface area contributed by atoms with Gasteiger partial charge in [0.2, 0.25) is 0 Å². The molecular weight excluding hydrogens is 202 g/mol. The van der Waals surface area contributed by atoms with Crippen molar-refractivity contribution in [2.45, 2.75) is 27.2 Å². The summed E-state index contributed by atoms with van der Waals surface area (Å²) in [5.41, 5.74) is 0.710. The first kappa shape index (κ1) is 11.2. The second-order valence-corrected chi connectivity index (χ2v) is 5.05. The summed E-state index contributed by atoms with van der Waals surface area (Å²) in [6.45, 7) is 7.99. The lowest BCUT2D eigenvalue weighted by atomic mass is 9.91. The number of piperidine rings is 1. The van der Waals surface area contributed by atoms with E-state index in [0.29, 0.717) is 17.4 Å². The van der Waals surface area contributed by atoms with Crippen molar-refractivity contribution >= 4 is 5.91 Å². The molecule has 0 radical (unpaired) electrons. The quantitative estimate of drug-likeness (QED) is 0.730. The van der Waals surface area contributed by atoms with Crippen molar-refractivity contribution in [1.29, 1.82) is 0 Å². The minimum absolute atomic E-state index is 0.115. The van der Waals surface area contributed by atoms with Crippen LogP contribution in [0.25, 0.3) is 0 Å². The van der Waals surface area contributed by atoms with Crippen LogP contribution in [0.2, 0.25) is 0 Å². The van der Waals surface area contributed by atoms with Crippen LogP contribution in [-0.4, -0.2) is 23.9 Å². The van der Waals surface area contributed by atoms with Gasteiger partial charge in [0.05, 0.1) is 11.8 Å². The SMILES string of the molecule is Cc1occc1C(=O)N1C[C@H](C)C[C@@H](C)C1. The molecular formula is C13H19NO2. The molecule has 1 fully saturated rings. The fraction of sp³-hybridized carbons (Fsp3) is 0.615. The van der Waals surface area contributed by atoms with E-state index in [1.807, 2.05) is 11.8 Å².